The molecule has 3 aromatic carbocycles. The fourth-order valence-electron chi connectivity index (χ4n) is 2.51. The van der Waals surface area contributed by atoms with Gasteiger partial charge in [0.25, 0.3) is 10.0 Å². The maximum atomic E-state index is 13.7. The number of hydrogen-bond donors (Lipinski definition) is 2. The zero-order valence-electron chi connectivity index (χ0n) is 14.5. The lowest BCUT2D eigenvalue weighted by Crippen LogP contribution is -2.18. The summed E-state index contributed by atoms with van der Waals surface area (Å²) in [5.41, 5.74) is 0.576. The molecule has 0 atom stereocenters. The van der Waals surface area contributed by atoms with E-state index < -0.39 is 27.6 Å². The quantitative estimate of drug-likeness (QED) is 0.656. The minimum Gasteiger partial charge on any atom is -0.324 e. The number of anilines is 2. The summed E-state index contributed by atoms with van der Waals surface area (Å²) in [6.07, 6.45) is -0.203. The molecule has 0 heterocycles. The third-order valence-electron chi connectivity index (χ3n) is 3.88. The summed E-state index contributed by atoms with van der Waals surface area (Å²) in [6.45, 7) is 0. The Labute approximate surface area is 161 Å². The molecule has 0 saturated carbocycles. The summed E-state index contributed by atoms with van der Waals surface area (Å²) in [5, 5.41) is 2.58. The van der Waals surface area contributed by atoms with Crippen molar-refractivity contribution in [2.45, 2.75) is 11.3 Å². The Kier molecular flexibility index (Phi) is 5.70. The fraction of sp³-hybridized carbons (Fsp3) is 0.0500. The Hall–Kier alpha value is -3.26. The number of nitrogens with one attached hydrogen (secondary N) is 2. The Bertz CT molecular complexity index is 1100. The van der Waals surface area contributed by atoms with Crippen LogP contribution in [0, 0.1) is 11.6 Å². The molecule has 5 nitrogen and oxygen atoms in total. The first-order chi connectivity index (χ1) is 13.3. The van der Waals surface area contributed by atoms with Gasteiger partial charge in [-0.25, -0.2) is 17.2 Å². The summed E-state index contributed by atoms with van der Waals surface area (Å²) in [7, 11) is -3.98. The summed E-state index contributed by atoms with van der Waals surface area (Å²) < 4.78 is 54.1. The number of halogens is 2. The lowest BCUT2D eigenvalue weighted by atomic mass is 10.1. The maximum absolute atomic E-state index is 13.7. The van der Waals surface area contributed by atoms with Gasteiger partial charge in [-0.3, -0.25) is 9.52 Å². The van der Waals surface area contributed by atoms with Crippen LogP contribution in [0.25, 0.3) is 0 Å². The van der Waals surface area contributed by atoms with Gasteiger partial charge in [-0.2, -0.15) is 0 Å². The summed E-state index contributed by atoms with van der Waals surface area (Å²) >= 11 is 0. The fourth-order valence-corrected chi connectivity index (χ4v) is 3.59. The van der Waals surface area contributed by atoms with E-state index in [1.165, 1.54) is 30.3 Å². The van der Waals surface area contributed by atoms with Gasteiger partial charge in [-0.05, 0) is 48.0 Å². The number of amides is 1. The normalized spacial score (nSPS) is 11.1. The third-order valence-corrected chi connectivity index (χ3v) is 5.26. The van der Waals surface area contributed by atoms with Crippen molar-refractivity contribution in [1.82, 2.24) is 0 Å². The van der Waals surface area contributed by atoms with Gasteiger partial charge in [0, 0.05) is 0 Å². The summed E-state index contributed by atoms with van der Waals surface area (Å²) in [6, 6.07) is 16.4. The van der Waals surface area contributed by atoms with E-state index in [2.05, 4.69) is 10.0 Å². The lowest BCUT2D eigenvalue weighted by molar-refractivity contribution is -0.115. The van der Waals surface area contributed by atoms with Gasteiger partial charge in [0.15, 0.2) is 0 Å². The highest BCUT2D eigenvalue weighted by Crippen LogP contribution is 2.25. The molecule has 1 amide bonds. The van der Waals surface area contributed by atoms with Crippen molar-refractivity contribution < 1.29 is 22.0 Å². The van der Waals surface area contributed by atoms with Gasteiger partial charge in [-0.15, -0.1) is 0 Å². The number of hydrogen-bond acceptors (Lipinski definition) is 3. The van der Waals surface area contributed by atoms with Crippen LogP contribution in [0.15, 0.2) is 77.7 Å². The number of carbonyl (C=O) groups excluding carboxylic acids is 1. The van der Waals surface area contributed by atoms with Crippen LogP contribution in [-0.4, -0.2) is 14.3 Å². The highest BCUT2D eigenvalue weighted by atomic mass is 32.2. The van der Waals surface area contributed by atoms with E-state index in [4.69, 9.17) is 0 Å². The number of para-hydroxylation sites is 2. The molecule has 0 spiro atoms. The van der Waals surface area contributed by atoms with Crippen molar-refractivity contribution in [3.63, 3.8) is 0 Å². The van der Waals surface area contributed by atoms with Crippen molar-refractivity contribution in [2.75, 3.05) is 10.0 Å². The van der Waals surface area contributed by atoms with E-state index in [-0.39, 0.29) is 28.3 Å². The van der Waals surface area contributed by atoms with Gasteiger partial charge in [0.05, 0.1) is 22.7 Å². The van der Waals surface area contributed by atoms with E-state index in [1.807, 2.05) is 0 Å². The number of sulfonamides is 1. The standard InChI is InChI=1S/C20H16F2N2O3S/c21-15-9-11-16(12-10-15)28(26,27)24-19-8-4-3-7-18(19)23-20(25)13-14-5-1-2-6-17(14)22/h1-12,24H,13H2,(H,23,25). The molecule has 0 radical (unpaired) electrons. The molecule has 0 aliphatic rings. The molecule has 0 aromatic heterocycles. The minimum absolute atomic E-state index is 0.124. The highest BCUT2D eigenvalue weighted by Gasteiger charge is 2.17. The number of rotatable bonds is 6. The molecule has 2 N–H and O–H groups in total. The third kappa shape index (κ3) is 4.72. The predicted octanol–water partition coefficient (Wildman–Crippen LogP) is 3.95. The molecule has 0 unspecified atom stereocenters. The summed E-state index contributed by atoms with van der Waals surface area (Å²) in [4.78, 5) is 12.1. The SMILES string of the molecule is O=C(Cc1ccccc1F)Nc1ccccc1NS(=O)(=O)c1ccc(F)cc1. The van der Waals surface area contributed by atoms with Gasteiger partial charge < -0.3 is 5.32 Å². The average molecular weight is 402 g/mol. The Morgan fingerprint density at radius 1 is 0.821 bits per heavy atom. The topological polar surface area (TPSA) is 75.3 Å². The Morgan fingerprint density at radius 2 is 1.43 bits per heavy atom. The van der Waals surface area contributed by atoms with Crippen LogP contribution >= 0.6 is 0 Å². The molecule has 28 heavy (non-hydrogen) atoms. The second-order valence-corrected chi connectivity index (χ2v) is 7.60. The maximum Gasteiger partial charge on any atom is 0.261 e. The second kappa shape index (κ2) is 8.18. The molecule has 8 heteroatoms. The van der Waals surface area contributed by atoms with Crippen molar-refractivity contribution in [3.8, 4) is 0 Å². The zero-order chi connectivity index (χ0) is 20.1. The molecule has 0 saturated heterocycles. The average Bonchev–Trinajstić information content (AvgIpc) is 2.65. The molecule has 0 fully saturated rings. The molecule has 3 aromatic rings. The van der Waals surface area contributed by atoms with Crippen molar-refractivity contribution in [2.24, 2.45) is 0 Å². The van der Waals surface area contributed by atoms with Gasteiger partial charge in [-0.1, -0.05) is 30.3 Å². The molecule has 3 rings (SSSR count). The monoisotopic (exact) mass is 402 g/mol. The van der Waals surface area contributed by atoms with Crippen LogP contribution in [0.1, 0.15) is 5.56 Å². The van der Waals surface area contributed by atoms with Gasteiger partial charge in [0.1, 0.15) is 11.6 Å². The van der Waals surface area contributed by atoms with E-state index >= 15 is 0 Å². The van der Waals surface area contributed by atoms with Crippen LogP contribution in [0.3, 0.4) is 0 Å². The van der Waals surface area contributed by atoms with Gasteiger partial charge in [0.2, 0.25) is 5.91 Å². The smallest absolute Gasteiger partial charge is 0.261 e. The largest absolute Gasteiger partial charge is 0.324 e. The first-order valence-corrected chi connectivity index (χ1v) is 9.74. The molecular weight excluding hydrogens is 386 g/mol. The zero-order valence-corrected chi connectivity index (χ0v) is 15.3. The van der Waals surface area contributed by atoms with Gasteiger partial charge >= 0.3 is 0 Å². The number of benzene rings is 3. The Morgan fingerprint density at radius 3 is 2.11 bits per heavy atom. The highest BCUT2D eigenvalue weighted by molar-refractivity contribution is 7.92. The molecule has 0 bridgehead atoms. The Balaban J connectivity index is 1.78. The van der Waals surface area contributed by atoms with E-state index in [9.17, 15) is 22.0 Å². The molecular formula is C20H16F2N2O3S. The molecule has 0 aliphatic heterocycles. The number of carbonyl (C=O) groups is 1. The van der Waals surface area contributed by atoms with Crippen LogP contribution < -0.4 is 10.0 Å². The second-order valence-electron chi connectivity index (χ2n) is 5.92. The van der Waals surface area contributed by atoms with E-state index in [0.29, 0.717) is 0 Å². The van der Waals surface area contributed by atoms with Crippen molar-refractivity contribution in [3.05, 3.63) is 90.0 Å². The molecule has 144 valence electrons. The van der Waals surface area contributed by atoms with Crippen molar-refractivity contribution >= 4 is 27.3 Å². The minimum atomic E-state index is -3.98. The first kappa shape index (κ1) is 19.5. The van der Waals surface area contributed by atoms with E-state index in [1.54, 1.807) is 18.2 Å². The van der Waals surface area contributed by atoms with Crippen LogP contribution in [0.4, 0.5) is 20.2 Å². The lowest BCUT2D eigenvalue weighted by Gasteiger charge is -2.14. The van der Waals surface area contributed by atoms with Crippen molar-refractivity contribution in [1.29, 1.82) is 0 Å². The van der Waals surface area contributed by atoms with Crippen LogP contribution in [0.2, 0.25) is 0 Å². The predicted molar refractivity (Wildman–Crippen MR) is 102 cm³/mol. The van der Waals surface area contributed by atoms with Crippen LogP contribution in [0.5, 0.6) is 0 Å². The first-order valence-electron chi connectivity index (χ1n) is 8.26. The van der Waals surface area contributed by atoms with Crippen LogP contribution in [-0.2, 0) is 21.2 Å². The molecule has 0 aliphatic carbocycles. The summed E-state index contributed by atoms with van der Waals surface area (Å²) in [5.74, 6) is -1.55. The van der Waals surface area contributed by atoms with E-state index in [0.717, 1.165) is 24.3 Å².